The number of fused-ring (bicyclic) bond motifs is 3. The molecular weight excluding hydrogens is 399 g/mol. The molecule has 112 valence electrons. The van der Waals surface area contributed by atoms with Gasteiger partial charge in [-0.2, -0.15) is 0 Å². The number of nitrogens with one attached hydrogen (secondary N) is 2. The zero-order valence-corrected chi connectivity index (χ0v) is 14.3. The fraction of sp³-hybridized carbons (Fsp3) is 0. The van der Waals surface area contributed by atoms with Crippen molar-refractivity contribution in [2.24, 2.45) is 0 Å². The van der Waals surface area contributed by atoms with Crippen LogP contribution >= 0.6 is 22.6 Å². The summed E-state index contributed by atoms with van der Waals surface area (Å²) in [4.78, 5) is 15.8. The Kier molecular flexibility index (Phi) is 3.53. The van der Waals surface area contributed by atoms with Gasteiger partial charge in [-0.15, -0.1) is 0 Å². The van der Waals surface area contributed by atoms with Gasteiger partial charge in [0.05, 0.1) is 0 Å². The van der Waals surface area contributed by atoms with Crippen LogP contribution in [0.1, 0.15) is 10.4 Å². The molecule has 0 aliphatic carbocycles. The van der Waals surface area contributed by atoms with Gasteiger partial charge in [-0.3, -0.25) is 4.79 Å². The van der Waals surface area contributed by atoms with Crippen molar-refractivity contribution in [2.45, 2.75) is 0 Å². The summed E-state index contributed by atoms with van der Waals surface area (Å²) in [5.41, 5.74) is 3.63. The van der Waals surface area contributed by atoms with E-state index in [0.717, 1.165) is 31.1 Å². The predicted molar refractivity (Wildman–Crippen MR) is 103 cm³/mol. The number of carbonyl (C=O) groups excluding carboxylic acids is 1. The largest absolute Gasteiger partial charge is 0.355 e. The molecule has 4 rings (SSSR count). The highest BCUT2D eigenvalue weighted by molar-refractivity contribution is 14.1. The maximum Gasteiger partial charge on any atom is 0.255 e. The number of halogens is 1. The number of carbonyl (C=O) groups is 1. The van der Waals surface area contributed by atoms with Gasteiger partial charge < -0.3 is 10.3 Å². The van der Waals surface area contributed by atoms with Crippen molar-refractivity contribution in [2.75, 3.05) is 5.32 Å². The van der Waals surface area contributed by atoms with Gasteiger partial charge in [0, 0.05) is 36.6 Å². The van der Waals surface area contributed by atoms with Crippen LogP contribution in [0.25, 0.3) is 21.8 Å². The molecule has 0 radical (unpaired) electrons. The summed E-state index contributed by atoms with van der Waals surface area (Å²) in [5.74, 6) is -0.0947. The summed E-state index contributed by atoms with van der Waals surface area (Å²) in [6.07, 6.45) is 0. The minimum absolute atomic E-state index is 0.0947. The van der Waals surface area contributed by atoms with Crippen molar-refractivity contribution >= 4 is 56.0 Å². The number of anilines is 1. The van der Waals surface area contributed by atoms with Crippen LogP contribution in [0.3, 0.4) is 0 Å². The lowest BCUT2D eigenvalue weighted by Gasteiger charge is -2.06. The number of hydrogen-bond donors (Lipinski definition) is 2. The summed E-state index contributed by atoms with van der Waals surface area (Å²) in [6.45, 7) is 0. The number of rotatable bonds is 2. The number of hydrogen-bond acceptors (Lipinski definition) is 1. The van der Waals surface area contributed by atoms with Crippen molar-refractivity contribution in [3.8, 4) is 0 Å². The van der Waals surface area contributed by atoms with Gasteiger partial charge in [-0.1, -0.05) is 24.3 Å². The molecule has 0 aliphatic heterocycles. The fourth-order valence-electron chi connectivity index (χ4n) is 2.76. The average molecular weight is 412 g/mol. The molecule has 0 atom stereocenters. The second-order valence-electron chi connectivity index (χ2n) is 5.40. The highest BCUT2D eigenvalue weighted by Gasteiger charge is 2.09. The molecular formula is C19H13IN2O. The molecule has 0 spiro atoms. The summed E-state index contributed by atoms with van der Waals surface area (Å²) >= 11 is 2.21. The van der Waals surface area contributed by atoms with Gasteiger partial charge in [-0.25, -0.2) is 0 Å². The zero-order chi connectivity index (χ0) is 15.8. The molecule has 0 fully saturated rings. The van der Waals surface area contributed by atoms with Gasteiger partial charge in [0.15, 0.2) is 0 Å². The summed E-state index contributed by atoms with van der Waals surface area (Å²) in [6, 6.07) is 21.7. The third kappa shape index (κ3) is 2.70. The Balaban J connectivity index is 1.71. The predicted octanol–water partition coefficient (Wildman–Crippen LogP) is 5.18. The van der Waals surface area contributed by atoms with Gasteiger partial charge in [0.25, 0.3) is 5.91 Å². The lowest BCUT2D eigenvalue weighted by molar-refractivity contribution is 0.102. The van der Waals surface area contributed by atoms with Crippen LogP contribution in [0.5, 0.6) is 0 Å². The molecule has 0 saturated heterocycles. The van der Waals surface area contributed by atoms with E-state index in [9.17, 15) is 4.79 Å². The quantitative estimate of drug-likeness (QED) is 0.438. The van der Waals surface area contributed by atoms with E-state index < -0.39 is 0 Å². The van der Waals surface area contributed by atoms with Crippen LogP contribution < -0.4 is 5.32 Å². The third-order valence-electron chi connectivity index (χ3n) is 3.85. The Morgan fingerprint density at radius 1 is 0.870 bits per heavy atom. The monoisotopic (exact) mass is 412 g/mol. The molecule has 23 heavy (non-hydrogen) atoms. The summed E-state index contributed by atoms with van der Waals surface area (Å²) < 4.78 is 1.04. The Hall–Kier alpha value is -2.34. The molecule has 0 aliphatic rings. The van der Waals surface area contributed by atoms with Crippen molar-refractivity contribution in [3.05, 3.63) is 75.9 Å². The van der Waals surface area contributed by atoms with Crippen molar-refractivity contribution < 1.29 is 4.79 Å². The molecule has 0 bridgehead atoms. The Bertz CT molecular complexity index is 1040. The van der Waals surface area contributed by atoms with Crippen LogP contribution in [0.15, 0.2) is 66.7 Å². The third-order valence-corrected chi connectivity index (χ3v) is 4.52. The lowest BCUT2D eigenvalue weighted by atomic mass is 10.1. The van der Waals surface area contributed by atoms with E-state index in [-0.39, 0.29) is 5.91 Å². The fourth-order valence-corrected chi connectivity index (χ4v) is 3.30. The van der Waals surface area contributed by atoms with Crippen molar-refractivity contribution in [3.63, 3.8) is 0 Å². The Labute approximate surface area is 146 Å². The molecule has 4 heteroatoms. The normalized spacial score (nSPS) is 11.0. The van der Waals surface area contributed by atoms with Crippen LogP contribution in [0.2, 0.25) is 0 Å². The molecule has 1 aromatic heterocycles. The maximum atomic E-state index is 12.4. The maximum absolute atomic E-state index is 12.4. The van der Waals surface area contributed by atoms with Gasteiger partial charge in [0.2, 0.25) is 0 Å². The van der Waals surface area contributed by atoms with Crippen LogP contribution in [0.4, 0.5) is 5.69 Å². The average Bonchev–Trinajstić information content (AvgIpc) is 2.93. The zero-order valence-electron chi connectivity index (χ0n) is 12.1. The van der Waals surface area contributed by atoms with Crippen molar-refractivity contribution in [1.82, 2.24) is 4.98 Å². The second kappa shape index (κ2) is 5.70. The van der Waals surface area contributed by atoms with E-state index in [0.29, 0.717) is 5.56 Å². The number of aromatic amines is 1. The van der Waals surface area contributed by atoms with E-state index >= 15 is 0 Å². The van der Waals surface area contributed by atoms with Crippen molar-refractivity contribution in [1.29, 1.82) is 0 Å². The minimum Gasteiger partial charge on any atom is -0.355 e. The van der Waals surface area contributed by atoms with Crippen LogP contribution in [0, 0.1) is 3.57 Å². The number of para-hydroxylation sites is 1. The molecule has 2 N–H and O–H groups in total. The molecule has 3 nitrogen and oxygen atoms in total. The summed E-state index contributed by atoms with van der Waals surface area (Å²) in [7, 11) is 0. The second-order valence-corrected chi connectivity index (χ2v) is 6.64. The van der Waals surface area contributed by atoms with Gasteiger partial charge in [0.1, 0.15) is 0 Å². The molecule has 0 saturated carbocycles. The first-order chi connectivity index (χ1) is 11.2. The Morgan fingerprint density at radius 2 is 1.70 bits per heavy atom. The van der Waals surface area contributed by atoms with E-state index in [1.165, 1.54) is 0 Å². The topological polar surface area (TPSA) is 44.9 Å². The molecule has 4 aromatic rings. The first-order valence-corrected chi connectivity index (χ1v) is 8.36. The molecule has 0 unspecified atom stereocenters. The SMILES string of the molecule is O=C(Nc1ccc2[nH]c3ccccc3c2c1)c1cccc(I)c1. The smallest absolute Gasteiger partial charge is 0.255 e. The number of amides is 1. The van der Waals surface area contributed by atoms with Crippen LogP contribution in [-0.2, 0) is 0 Å². The minimum atomic E-state index is -0.0947. The first-order valence-electron chi connectivity index (χ1n) is 7.28. The van der Waals surface area contributed by atoms with E-state index in [2.05, 4.69) is 45.0 Å². The highest BCUT2D eigenvalue weighted by atomic mass is 127. The molecule has 1 amide bonds. The lowest BCUT2D eigenvalue weighted by Crippen LogP contribution is -2.11. The molecule has 1 heterocycles. The summed E-state index contributed by atoms with van der Waals surface area (Å²) in [5, 5.41) is 5.25. The van der Waals surface area contributed by atoms with Gasteiger partial charge >= 0.3 is 0 Å². The van der Waals surface area contributed by atoms with Gasteiger partial charge in [-0.05, 0) is 65.1 Å². The number of aromatic nitrogens is 1. The highest BCUT2D eigenvalue weighted by Crippen LogP contribution is 2.27. The molecule has 3 aromatic carbocycles. The number of H-pyrrole nitrogens is 1. The standard InChI is InChI=1S/C19H13IN2O/c20-13-5-3-4-12(10-13)19(23)21-14-8-9-18-16(11-14)15-6-1-2-7-17(15)22-18/h1-11,22H,(H,21,23). The Morgan fingerprint density at radius 3 is 2.57 bits per heavy atom. The first kappa shape index (κ1) is 14.3. The number of benzene rings is 3. The van der Waals surface area contributed by atoms with Crippen LogP contribution in [-0.4, -0.2) is 10.9 Å². The van der Waals surface area contributed by atoms with E-state index in [4.69, 9.17) is 0 Å². The van der Waals surface area contributed by atoms with E-state index in [1.54, 1.807) is 0 Å². The van der Waals surface area contributed by atoms with E-state index in [1.807, 2.05) is 54.6 Å².